The Morgan fingerprint density at radius 2 is 1.83 bits per heavy atom. The SMILES string of the molecule is C=CCOc1ccc(/C(O)=C2/C(=O)C(=O)N(CCCN(C)C)C2c2ccc(OC)c(OC)c2)c(C)c1. The minimum absolute atomic E-state index is 0.0416. The van der Waals surface area contributed by atoms with E-state index in [2.05, 4.69) is 6.58 Å². The maximum Gasteiger partial charge on any atom is 0.295 e. The first kappa shape index (κ1) is 26.8. The largest absolute Gasteiger partial charge is 0.507 e. The molecule has 1 saturated heterocycles. The summed E-state index contributed by atoms with van der Waals surface area (Å²) in [7, 11) is 6.96. The zero-order chi connectivity index (χ0) is 26.4. The van der Waals surface area contributed by atoms with Gasteiger partial charge in [-0.2, -0.15) is 0 Å². The Hall–Kier alpha value is -3.78. The lowest BCUT2D eigenvalue weighted by atomic mass is 9.93. The van der Waals surface area contributed by atoms with E-state index in [4.69, 9.17) is 14.2 Å². The van der Waals surface area contributed by atoms with E-state index in [-0.39, 0.29) is 11.3 Å². The Balaban J connectivity index is 2.13. The monoisotopic (exact) mass is 494 g/mol. The Morgan fingerprint density at radius 3 is 2.44 bits per heavy atom. The van der Waals surface area contributed by atoms with Crippen molar-refractivity contribution in [3.8, 4) is 17.2 Å². The van der Waals surface area contributed by atoms with Crippen molar-refractivity contribution in [1.29, 1.82) is 0 Å². The molecule has 2 aromatic carbocycles. The molecule has 1 aliphatic rings. The molecule has 8 nitrogen and oxygen atoms in total. The Kier molecular flexibility index (Phi) is 8.77. The van der Waals surface area contributed by atoms with Gasteiger partial charge in [0.05, 0.1) is 25.8 Å². The predicted molar refractivity (Wildman–Crippen MR) is 139 cm³/mol. The smallest absolute Gasteiger partial charge is 0.295 e. The molecule has 1 amide bonds. The van der Waals surface area contributed by atoms with Gasteiger partial charge in [0.1, 0.15) is 18.1 Å². The van der Waals surface area contributed by atoms with Crippen LogP contribution in [-0.2, 0) is 9.59 Å². The van der Waals surface area contributed by atoms with E-state index in [9.17, 15) is 14.7 Å². The minimum Gasteiger partial charge on any atom is -0.507 e. The molecular weight excluding hydrogens is 460 g/mol. The number of aryl methyl sites for hydroxylation is 1. The topological polar surface area (TPSA) is 88.5 Å². The predicted octanol–water partition coefficient (Wildman–Crippen LogP) is 3.95. The van der Waals surface area contributed by atoms with Crippen LogP contribution in [0.4, 0.5) is 0 Å². The number of aliphatic hydroxyl groups is 1. The number of amides is 1. The molecule has 1 unspecified atom stereocenters. The zero-order valence-electron chi connectivity index (χ0n) is 21.5. The van der Waals surface area contributed by atoms with Crippen molar-refractivity contribution in [3.63, 3.8) is 0 Å². The number of benzene rings is 2. The van der Waals surface area contributed by atoms with E-state index in [0.29, 0.717) is 53.5 Å². The molecule has 1 aliphatic heterocycles. The quantitative estimate of drug-likeness (QED) is 0.219. The second-order valence-electron chi connectivity index (χ2n) is 8.84. The van der Waals surface area contributed by atoms with E-state index < -0.39 is 17.7 Å². The highest BCUT2D eigenvalue weighted by atomic mass is 16.5. The third-order valence-corrected chi connectivity index (χ3v) is 6.09. The van der Waals surface area contributed by atoms with Crippen LogP contribution >= 0.6 is 0 Å². The first-order valence-corrected chi connectivity index (χ1v) is 11.7. The second kappa shape index (κ2) is 11.8. The molecule has 1 atom stereocenters. The third-order valence-electron chi connectivity index (χ3n) is 6.09. The summed E-state index contributed by atoms with van der Waals surface area (Å²) in [5.41, 5.74) is 1.85. The van der Waals surface area contributed by atoms with Crippen molar-refractivity contribution in [2.45, 2.75) is 19.4 Å². The van der Waals surface area contributed by atoms with Crippen LogP contribution < -0.4 is 14.2 Å². The van der Waals surface area contributed by atoms with Crippen molar-refractivity contribution in [1.82, 2.24) is 9.80 Å². The van der Waals surface area contributed by atoms with Crippen molar-refractivity contribution in [3.05, 3.63) is 71.3 Å². The van der Waals surface area contributed by atoms with Gasteiger partial charge in [-0.15, -0.1) is 0 Å². The molecule has 192 valence electrons. The molecule has 8 heteroatoms. The number of rotatable bonds is 11. The van der Waals surface area contributed by atoms with Crippen LogP contribution in [0.3, 0.4) is 0 Å². The maximum atomic E-state index is 13.3. The number of hydrogen-bond acceptors (Lipinski definition) is 7. The van der Waals surface area contributed by atoms with Gasteiger partial charge in [0.2, 0.25) is 0 Å². The summed E-state index contributed by atoms with van der Waals surface area (Å²) in [6, 6.07) is 9.65. The normalized spacial score (nSPS) is 16.9. The molecule has 1 heterocycles. The number of nitrogens with zero attached hydrogens (tertiary/aromatic N) is 2. The number of ether oxygens (including phenoxy) is 3. The molecule has 3 rings (SSSR count). The summed E-state index contributed by atoms with van der Waals surface area (Å²) < 4.78 is 16.4. The summed E-state index contributed by atoms with van der Waals surface area (Å²) in [6.45, 7) is 6.90. The standard InChI is InChI=1S/C28H34N2O6/c1-7-15-36-20-10-11-21(18(2)16-20)26(31)24-25(19-9-12-22(34-5)23(17-19)35-6)30(28(33)27(24)32)14-8-13-29(3)4/h7,9-12,16-17,25,31H,1,8,13-15H2,2-6H3/b26-24-. The lowest BCUT2D eigenvalue weighted by molar-refractivity contribution is -0.139. The average molecular weight is 495 g/mol. The van der Waals surface area contributed by atoms with E-state index >= 15 is 0 Å². The number of carbonyl (C=O) groups excluding carboxylic acids is 2. The van der Waals surface area contributed by atoms with Crippen LogP contribution in [-0.4, -0.2) is 74.6 Å². The summed E-state index contributed by atoms with van der Waals surface area (Å²) in [5.74, 6) is 0.0216. The van der Waals surface area contributed by atoms with Gasteiger partial charge in [0.15, 0.2) is 11.5 Å². The lowest BCUT2D eigenvalue weighted by Crippen LogP contribution is -2.32. The molecule has 0 aliphatic carbocycles. The number of ketones is 1. The lowest BCUT2D eigenvalue weighted by Gasteiger charge is -2.26. The Bertz CT molecular complexity index is 1170. The van der Waals surface area contributed by atoms with Gasteiger partial charge in [-0.3, -0.25) is 9.59 Å². The van der Waals surface area contributed by atoms with Gasteiger partial charge in [-0.05, 0) is 75.4 Å². The van der Waals surface area contributed by atoms with E-state index in [1.165, 1.54) is 19.1 Å². The molecule has 2 aromatic rings. The number of hydrogen-bond donors (Lipinski definition) is 1. The van der Waals surface area contributed by atoms with E-state index in [1.807, 2.05) is 25.9 Å². The van der Waals surface area contributed by atoms with Crippen molar-refractivity contribution >= 4 is 17.4 Å². The fourth-order valence-electron chi connectivity index (χ4n) is 4.33. The van der Waals surface area contributed by atoms with Crippen LogP contribution in [0.5, 0.6) is 17.2 Å². The molecule has 0 spiro atoms. The highest BCUT2D eigenvalue weighted by molar-refractivity contribution is 6.46. The number of likely N-dealkylation sites (tertiary alicyclic amines) is 1. The van der Waals surface area contributed by atoms with E-state index in [1.54, 1.807) is 42.5 Å². The summed E-state index contributed by atoms with van der Waals surface area (Å²) in [6.07, 6.45) is 2.31. The summed E-state index contributed by atoms with van der Waals surface area (Å²) >= 11 is 0. The van der Waals surface area contributed by atoms with Gasteiger partial charge >= 0.3 is 0 Å². The Morgan fingerprint density at radius 1 is 1.11 bits per heavy atom. The first-order chi connectivity index (χ1) is 17.2. The van der Waals surface area contributed by atoms with Crippen LogP contribution in [0, 0.1) is 6.92 Å². The molecule has 0 aromatic heterocycles. The molecular formula is C28H34N2O6. The Labute approximate surface area is 212 Å². The minimum atomic E-state index is -0.775. The highest BCUT2D eigenvalue weighted by Gasteiger charge is 2.46. The maximum absolute atomic E-state index is 13.3. The molecule has 0 bridgehead atoms. The third kappa shape index (κ3) is 5.54. The van der Waals surface area contributed by atoms with Crippen LogP contribution in [0.1, 0.15) is 29.2 Å². The van der Waals surface area contributed by atoms with Gasteiger partial charge < -0.3 is 29.1 Å². The summed E-state index contributed by atoms with van der Waals surface area (Å²) in [4.78, 5) is 30.0. The molecule has 1 fully saturated rings. The molecule has 0 radical (unpaired) electrons. The number of aliphatic hydroxyl groups excluding tert-OH is 1. The fourth-order valence-corrected chi connectivity index (χ4v) is 4.33. The van der Waals surface area contributed by atoms with Crippen LogP contribution in [0.2, 0.25) is 0 Å². The molecule has 36 heavy (non-hydrogen) atoms. The van der Waals surface area contributed by atoms with Gasteiger partial charge in [0, 0.05) is 12.1 Å². The van der Waals surface area contributed by atoms with Crippen molar-refractivity contribution < 1.29 is 28.9 Å². The molecule has 1 N–H and O–H groups in total. The summed E-state index contributed by atoms with van der Waals surface area (Å²) in [5, 5.41) is 11.4. The van der Waals surface area contributed by atoms with Crippen molar-refractivity contribution in [2.75, 3.05) is 48.0 Å². The second-order valence-corrected chi connectivity index (χ2v) is 8.84. The number of Topliss-reactive ketones (excluding diaryl/α,β-unsaturated/α-hetero) is 1. The zero-order valence-corrected chi connectivity index (χ0v) is 21.5. The van der Waals surface area contributed by atoms with Crippen molar-refractivity contribution in [2.24, 2.45) is 0 Å². The first-order valence-electron chi connectivity index (χ1n) is 11.7. The molecule has 0 saturated carbocycles. The highest BCUT2D eigenvalue weighted by Crippen LogP contribution is 2.42. The van der Waals surface area contributed by atoms with Crippen LogP contribution in [0.25, 0.3) is 5.76 Å². The number of carbonyl (C=O) groups is 2. The van der Waals surface area contributed by atoms with E-state index in [0.717, 1.165) is 6.54 Å². The van der Waals surface area contributed by atoms with Crippen LogP contribution in [0.15, 0.2) is 54.6 Å². The fraction of sp³-hybridized carbons (Fsp3) is 0.357. The van der Waals surface area contributed by atoms with Gasteiger partial charge in [0.25, 0.3) is 11.7 Å². The number of methoxy groups -OCH3 is 2. The average Bonchev–Trinajstić information content (AvgIpc) is 3.11. The van der Waals surface area contributed by atoms with Gasteiger partial charge in [-0.1, -0.05) is 18.7 Å². The van der Waals surface area contributed by atoms with Gasteiger partial charge in [-0.25, -0.2) is 0 Å².